The van der Waals surface area contributed by atoms with E-state index in [1.807, 2.05) is 0 Å². The van der Waals surface area contributed by atoms with E-state index in [2.05, 4.69) is 106 Å². The van der Waals surface area contributed by atoms with Gasteiger partial charge in [0.2, 0.25) is 5.69 Å². The third kappa shape index (κ3) is 2.54. The highest BCUT2D eigenvalue weighted by Crippen LogP contribution is 2.50. The van der Waals surface area contributed by atoms with Crippen molar-refractivity contribution in [2.45, 2.75) is 33.1 Å². The van der Waals surface area contributed by atoms with Crippen molar-refractivity contribution in [3.63, 3.8) is 0 Å². The molecule has 0 bridgehead atoms. The van der Waals surface area contributed by atoms with Crippen molar-refractivity contribution in [3.8, 4) is 22.8 Å². The molecular weight excluding hydrogens is 378 g/mol. The van der Waals surface area contributed by atoms with Gasteiger partial charge < -0.3 is 4.74 Å². The van der Waals surface area contributed by atoms with E-state index >= 15 is 0 Å². The average molecular weight is 405 g/mol. The number of nitrogens with zero attached hydrogens (tertiary/aromatic N) is 1. The Labute approximate surface area is 182 Å². The maximum Gasteiger partial charge on any atom is 0.228 e. The van der Waals surface area contributed by atoms with Crippen LogP contribution in [0.1, 0.15) is 31.9 Å². The summed E-state index contributed by atoms with van der Waals surface area (Å²) in [6, 6.07) is 22.1. The molecule has 1 aliphatic heterocycles. The molecule has 0 saturated carbocycles. The van der Waals surface area contributed by atoms with E-state index in [4.69, 9.17) is 4.74 Å². The van der Waals surface area contributed by atoms with Crippen molar-refractivity contribution < 1.29 is 9.30 Å². The largest absolute Gasteiger partial charge is 0.456 e. The Kier molecular flexibility index (Phi) is 3.60. The number of hydrogen-bond donors (Lipinski definition) is 0. The van der Waals surface area contributed by atoms with Crippen LogP contribution in [-0.4, -0.2) is 0 Å². The first-order valence-electron chi connectivity index (χ1n) is 10.9. The van der Waals surface area contributed by atoms with E-state index in [0.717, 1.165) is 11.5 Å². The Morgan fingerprint density at radius 2 is 1.52 bits per heavy atom. The summed E-state index contributed by atoms with van der Waals surface area (Å²) in [5.41, 5.74) is 5.16. The zero-order valence-electron chi connectivity index (χ0n) is 18.7. The molecule has 2 heteroatoms. The summed E-state index contributed by atoms with van der Waals surface area (Å²) in [5.74, 6) is 1.89. The molecule has 1 aromatic heterocycles. The van der Waals surface area contributed by atoms with E-state index in [9.17, 15) is 0 Å². The number of hydrogen-bond acceptors (Lipinski definition) is 1. The van der Waals surface area contributed by atoms with Gasteiger partial charge in [-0.25, -0.2) is 4.57 Å². The minimum Gasteiger partial charge on any atom is -0.456 e. The zero-order valence-corrected chi connectivity index (χ0v) is 18.7. The van der Waals surface area contributed by atoms with Crippen LogP contribution in [0, 0.1) is 6.92 Å². The molecule has 0 amide bonds. The monoisotopic (exact) mass is 404 g/mol. The SMILES string of the molecule is Cc1c2c(cc3ccccc13)Oc1cc3ccc(C(C)(C)C)cc3c3cc[n+](C)c-2c13. The second kappa shape index (κ2) is 6.07. The number of pyridine rings is 1. The predicted octanol–water partition coefficient (Wildman–Crippen LogP) is 7.35. The van der Waals surface area contributed by atoms with Gasteiger partial charge in [-0.1, -0.05) is 57.2 Å². The lowest BCUT2D eigenvalue weighted by Crippen LogP contribution is -2.31. The van der Waals surface area contributed by atoms with E-state index in [1.54, 1.807) is 0 Å². The number of fused-ring (bicyclic) bond motifs is 5. The normalized spacial score (nSPS) is 12.9. The summed E-state index contributed by atoms with van der Waals surface area (Å²) in [5, 5.41) is 7.46. The number of aromatic nitrogens is 1. The van der Waals surface area contributed by atoms with Crippen LogP contribution in [0.2, 0.25) is 0 Å². The zero-order chi connectivity index (χ0) is 21.5. The molecule has 0 saturated heterocycles. The van der Waals surface area contributed by atoms with Gasteiger partial charge in [0.05, 0.1) is 10.9 Å². The highest BCUT2D eigenvalue weighted by Gasteiger charge is 2.31. The molecule has 0 fully saturated rings. The van der Waals surface area contributed by atoms with Gasteiger partial charge in [-0.3, -0.25) is 0 Å². The molecule has 152 valence electrons. The molecule has 1 aliphatic rings. The van der Waals surface area contributed by atoms with Crippen LogP contribution in [0.15, 0.2) is 66.9 Å². The van der Waals surface area contributed by atoms with Crippen molar-refractivity contribution in [1.82, 2.24) is 0 Å². The quantitative estimate of drug-likeness (QED) is 0.190. The van der Waals surface area contributed by atoms with Crippen LogP contribution in [-0.2, 0) is 12.5 Å². The third-order valence-electron chi connectivity index (χ3n) is 6.80. The van der Waals surface area contributed by atoms with E-state index in [0.29, 0.717) is 0 Å². The second-order valence-electron chi connectivity index (χ2n) is 9.82. The Morgan fingerprint density at radius 1 is 0.774 bits per heavy atom. The summed E-state index contributed by atoms with van der Waals surface area (Å²) < 4.78 is 8.83. The van der Waals surface area contributed by atoms with Gasteiger partial charge in [0, 0.05) is 11.5 Å². The fraction of sp³-hybridized carbons (Fsp3) is 0.207. The molecule has 5 aromatic rings. The smallest absolute Gasteiger partial charge is 0.228 e. The van der Waals surface area contributed by atoms with Crippen LogP contribution in [0.25, 0.3) is 43.6 Å². The van der Waals surface area contributed by atoms with Crippen molar-refractivity contribution in [3.05, 3.63) is 78.0 Å². The maximum absolute atomic E-state index is 6.59. The average Bonchev–Trinajstić information content (AvgIpc) is 2.74. The number of ether oxygens (including phenoxy) is 1. The number of aryl methyl sites for hydroxylation is 2. The summed E-state index contributed by atoms with van der Waals surface area (Å²) in [7, 11) is 2.14. The van der Waals surface area contributed by atoms with Crippen LogP contribution in [0.4, 0.5) is 0 Å². The Morgan fingerprint density at radius 3 is 2.32 bits per heavy atom. The van der Waals surface area contributed by atoms with Gasteiger partial charge in [0.15, 0.2) is 6.20 Å². The molecule has 2 heterocycles. The van der Waals surface area contributed by atoms with Gasteiger partial charge in [-0.15, -0.1) is 0 Å². The Hall–Kier alpha value is -3.39. The standard InChI is InChI=1S/C29H26NO/c1-17-21-9-7-6-8-18(21)14-24-26(17)28-27-22(12-13-30(28)5)23-16-20(29(2,3)4)11-10-19(23)15-25(27)31-24/h6-16H,1-5H3/q+1. The molecule has 0 radical (unpaired) electrons. The van der Waals surface area contributed by atoms with E-state index in [-0.39, 0.29) is 5.41 Å². The van der Waals surface area contributed by atoms with E-state index in [1.165, 1.54) is 54.7 Å². The fourth-order valence-corrected chi connectivity index (χ4v) is 5.09. The fourth-order valence-electron chi connectivity index (χ4n) is 5.09. The van der Waals surface area contributed by atoms with Crippen LogP contribution in [0.5, 0.6) is 11.5 Å². The molecule has 4 aromatic carbocycles. The Bertz CT molecular complexity index is 1550. The summed E-state index contributed by atoms with van der Waals surface area (Å²) >= 11 is 0. The first-order valence-corrected chi connectivity index (χ1v) is 10.9. The first-order chi connectivity index (χ1) is 14.8. The lowest BCUT2D eigenvalue weighted by atomic mass is 9.84. The van der Waals surface area contributed by atoms with Gasteiger partial charge in [0.25, 0.3) is 0 Å². The topological polar surface area (TPSA) is 13.1 Å². The number of rotatable bonds is 0. The van der Waals surface area contributed by atoms with Crippen LogP contribution in [0.3, 0.4) is 0 Å². The second-order valence-corrected chi connectivity index (χ2v) is 9.82. The molecule has 0 N–H and O–H groups in total. The van der Waals surface area contributed by atoms with Gasteiger partial charge in [-0.05, 0) is 63.2 Å². The van der Waals surface area contributed by atoms with Gasteiger partial charge >= 0.3 is 0 Å². The first kappa shape index (κ1) is 18.4. The van der Waals surface area contributed by atoms with Crippen LogP contribution >= 0.6 is 0 Å². The van der Waals surface area contributed by atoms with Crippen molar-refractivity contribution in [2.24, 2.45) is 7.05 Å². The molecule has 6 rings (SSSR count). The molecule has 31 heavy (non-hydrogen) atoms. The molecule has 0 spiro atoms. The number of benzene rings is 4. The molecule has 0 unspecified atom stereocenters. The van der Waals surface area contributed by atoms with Crippen LogP contribution < -0.4 is 9.30 Å². The predicted molar refractivity (Wildman–Crippen MR) is 129 cm³/mol. The third-order valence-corrected chi connectivity index (χ3v) is 6.80. The summed E-state index contributed by atoms with van der Waals surface area (Å²) in [6.07, 6.45) is 2.19. The van der Waals surface area contributed by atoms with Gasteiger partial charge in [0.1, 0.15) is 18.5 Å². The van der Waals surface area contributed by atoms with Gasteiger partial charge in [-0.2, -0.15) is 0 Å². The summed E-state index contributed by atoms with van der Waals surface area (Å²) in [4.78, 5) is 0. The van der Waals surface area contributed by atoms with Crippen molar-refractivity contribution in [2.75, 3.05) is 0 Å². The van der Waals surface area contributed by atoms with Crippen molar-refractivity contribution in [1.29, 1.82) is 0 Å². The highest BCUT2D eigenvalue weighted by atomic mass is 16.5. The minimum absolute atomic E-state index is 0.108. The lowest BCUT2D eigenvalue weighted by Gasteiger charge is -2.24. The molecule has 0 aliphatic carbocycles. The van der Waals surface area contributed by atoms with E-state index < -0.39 is 0 Å². The lowest BCUT2D eigenvalue weighted by molar-refractivity contribution is -0.659. The molecule has 2 nitrogen and oxygen atoms in total. The van der Waals surface area contributed by atoms with Crippen molar-refractivity contribution >= 4 is 32.3 Å². The maximum atomic E-state index is 6.59. The highest BCUT2D eigenvalue weighted by molar-refractivity contribution is 6.16. The summed E-state index contributed by atoms with van der Waals surface area (Å²) in [6.45, 7) is 9.03. The minimum atomic E-state index is 0.108. The Balaban J connectivity index is 1.78. The molecule has 0 atom stereocenters. The molecular formula is C29H26NO+.